The van der Waals surface area contributed by atoms with Gasteiger partial charge in [-0.2, -0.15) is 5.10 Å². The summed E-state index contributed by atoms with van der Waals surface area (Å²) in [6.45, 7) is 0. The molecule has 2 unspecified atom stereocenters. The van der Waals surface area contributed by atoms with Crippen LogP contribution in [-0.4, -0.2) is 35.8 Å². The van der Waals surface area contributed by atoms with Crippen molar-refractivity contribution in [3.63, 3.8) is 0 Å². The number of rotatable bonds is 4. The molecule has 33 heavy (non-hydrogen) atoms. The molecule has 5 rings (SSSR count). The van der Waals surface area contributed by atoms with E-state index in [1.807, 2.05) is 0 Å². The lowest BCUT2D eigenvalue weighted by atomic mass is 9.90. The van der Waals surface area contributed by atoms with Crippen LogP contribution in [0.1, 0.15) is 53.3 Å². The van der Waals surface area contributed by atoms with Gasteiger partial charge < -0.3 is 16.2 Å². The van der Waals surface area contributed by atoms with Crippen molar-refractivity contribution in [2.45, 2.75) is 37.2 Å². The number of nitrogens with one attached hydrogen (secondary N) is 1. The van der Waals surface area contributed by atoms with Crippen LogP contribution in [0, 0.1) is 17.7 Å². The van der Waals surface area contributed by atoms with Gasteiger partial charge in [0.15, 0.2) is 0 Å². The highest BCUT2D eigenvalue weighted by Gasteiger charge is 2.51. The lowest BCUT2D eigenvalue weighted by Gasteiger charge is -2.24. The highest BCUT2D eigenvalue weighted by molar-refractivity contribution is 6.31. The number of fused-ring (bicyclic) bond motifs is 1. The second-order valence-corrected chi connectivity index (χ2v) is 9.63. The normalized spacial score (nSPS) is 26.5. The van der Waals surface area contributed by atoms with E-state index in [0.717, 1.165) is 18.5 Å². The minimum absolute atomic E-state index is 0.0512. The van der Waals surface area contributed by atoms with Gasteiger partial charge in [0.1, 0.15) is 22.8 Å². The van der Waals surface area contributed by atoms with E-state index in [1.165, 1.54) is 22.9 Å². The van der Waals surface area contributed by atoms with Crippen molar-refractivity contribution in [3.8, 4) is 0 Å². The van der Waals surface area contributed by atoms with Gasteiger partial charge in [-0.05, 0) is 55.7 Å². The molecule has 0 radical (unpaired) electrons. The van der Waals surface area contributed by atoms with E-state index in [1.54, 1.807) is 25.0 Å². The van der Waals surface area contributed by atoms with Gasteiger partial charge in [-0.25, -0.2) is 9.07 Å². The Balaban J connectivity index is 1.36. The Hall–Kier alpha value is -2.98. The first-order valence-electron chi connectivity index (χ1n) is 10.8. The van der Waals surface area contributed by atoms with Gasteiger partial charge in [0, 0.05) is 25.7 Å². The molecule has 2 aliphatic rings. The Kier molecular flexibility index (Phi) is 5.17. The van der Waals surface area contributed by atoms with E-state index in [-0.39, 0.29) is 16.8 Å². The number of hydrogen-bond acceptors (Lipinski definition) is 6. The van der Waals surface area contributed by atoms with Gasteiger partial charge in [0.25, 0.3) is 5.91 Å². The maximum absolute atomic E-state index is 13.5. The highest BCUT2D eigenvalue weighted by atomic mass is 35.5. The number of carbonyl (C=O) groups excluding carboxylic acids is 1. The molecule has 3 aromatic rings. The quantitative estimate of drug-likeness (QED) is 0.535. The second-order valence-electron chi connectivity index (χ2n) is 9.22. The summed E-state index contributed by atoms with van der Waals surface area (Å²) in [5.41, 5.74) is 7.36. The van der Waals surface area contributed by atoms with Crippen molar-refractivity contribution in [2.24, 2.45) is 25.9 Å². The highest BCUT2D eigenvalue weighted by Crippen LogP contribution is 2.56. The third-order valence-corrected chi connectivity index (χ3v) is 7.43. The molecule has 2 heterocycles. The molecule has 2 aliphatic carbocycles. The maximum Gasteiger partial charge on any atom is 0.261 e. The van der Waals surface area contributed by atoms with Crippen LogP contribution in [0.5, 0.6) is 0 Å². The molecule has 0 saturated heterocycles. The van der Waals surface area contributed by atoms with Gasteiger partial charge in [0.2, 0.25) is 0 Å². The Labute approximate surface area is 194 Å². The topological polar surface area (TPSA) is 124 Å². The lowest BCUT2D eigenvalue weighted by molar-refractivity contribution is 0.0263. The van der Waals surface area contributed by atoms with Crippen LogP contribution in [0.3, 0.4) is 0 Å². The zero-order valence-electron chi connectivity index (χ0n) is 18.3. The second kappa shape index (κ2) is 7.81. The number of benzene rings is 1. The smallest absolute Gasteiger partial charge is 0.261 e. The van der Waals surface area contributed by atoms with Crippen molar-refractivity contribution in [1.82, 2.24) is 24.8 Å². The number of carbonyl (C=O) groups is 1. The SMILES string of the molecule is Cn1nncc1C1(O)CC2CC(c3nn(C)c(N)c3C(=O)Nc3ccc(F)c(Cl)c3)CC2C1. The van der Waals surface area contributed by atoms with Crippen LogP contribution in [0.4, 0.5) is 15.9 Å². The first-order chi connectivity index (χ1) is 15.7. The van der Waals surface area contributed by atoms with E-state index in [2.05, 4.69) is 20.7 Å². The number of nitrogen functional groups attached to an aromatic ring is 1. The third kappa shape index (κ3) is 3.67. The van der Waals surface area contributed by atoms with Crippen LogP contribution in [0.2, 0.25) is 5.02 Å². The number of amides is 1. The summed E-state index contributed by atoms with van der Waals surface area (Å²) in [5, 5.41) is 26.4. The molecule has 0 aliphatic heterocycles. The molecule has 2 atom stereocenters. The van der Waals surface area contributed by atoms with E-state index >= 15 is 0 Å². The predicted molar refractivity (Wildman–Crippen MR) is 120 cm³/mol. The molecular formula is C22H25ClFN7O2. The summed E-state index contributed by atoms with van der Waals surface area (Å²) in [5.74, 6) is -0.0567. The number of anilines is 2. The van der Waals surface area contributed by atoms with Crippen LogP contribution in [-0.2, 0) is 19.7 Å². The van der Waals surface area contributed by atoms with Crippen LogP contribution >= 0.6 is 11.6 Å². The molecule has 2 fully saturated rings. The molecule has 0 bridgehead atoms. The first kappa shape index (κ1) is 21.8. The lowest BCUT2D eigenvalue weighted by Crippen LogP contribution is -2.26. The number of halogens is 2. The average Bonchev–Trinajstić information content (AvgIpc) is 3.48. The number of hydrogen-bond donors (Lipinski definition) is 3. The minimum Gasteiger partial charge on any atom is -0.383 e. The number of aliphatic hydroxyl groups is 1. The molecule has 1 amide bonds. The predicted octanol–water partition coefficient (Wildman–Crippen LogP) is 2.97. The molecular weight excluding hydrogens is 449 g/mol. The molecule has 174 valence electrons. The van der Waals surface area contributed by atoms with Crippen LogP contribution in [0.25, 0.3) is 0 Å². The van der Waals surface area contributed by atoms with E-state index in [4.69, 9.17) is 17.3 Å². The molecule has 2 aromatic heterocycles. The Morgan fingerprint density at radius 1 is 1.27 bits per heavy atom. The fraction of sp³-hybridized carbons (Fsp3) is 0.455. The van der Waals surface area contributed by atoms with Gasteiger partial charge in [-0.3, -0.25) is 9.48 Å². The molecule has 9 nitrogen and oxygen atoms in total. The Morgan fingerprint density at radius 2 is 1.97 bits per heavy atom. The van der Waals surface area contributed by atoms with Crippen LogP contribution < -0.4 is 11.1 Å². The molecule has 4 N–H and O–H groups in total. The summed E-state index contributed by atoms with van der Waals surface area (Å²) >= 11 is 5.84. The number of aryl methyl sites for hydroxylation is 2. The number of nitrogens with two attached hydrogens (primary N) is 1. The molecule has 0 spiro atoms. The Bertz CT molecular complexity index is 1230. The van der Waals surface area contributed by atoms with Gasteiger partial charge in [0.05, 0.1) is 22.6 Å². The zero-order valence-corrected chi connectivity index (χ0v) is 19.1. The van der Waals surface area contributed by atoms with Crippen LogP contribution in [0.15, 0.2) is 24.4 Å². The zero-order chi connectivity index (χ0) is 23.5. The van der Waals surface area contributed by atoms with Crippen molar-refractivity contribution < 1.29 is 14.3 Å². The van der Waals surface area contributed by atoms with Gasteiger partial charge in [-0.1, -0.05) is 16.8 Å². The molecule has 11 heteroatoms. The average molecular weight is 474 g/mol. The standard InChI is InChI=1S/C22H25ClFN7O2/c1-30-17(10-26-29-30)22(33)8-12-5-11(6-13(12)9-22)19-18(20(25)31(2)28-19)21(32)27-14-3-4-16(24)15(23)7-14/h3-4,7,10-13,33H,5-6,8-9,25H2,1-2H3,(H,27,32). The fourth-order valence-electron chi connectivity index (χ4n) is 5.65. The first-order valence-corrected chi connectivity index (χ1v) is 11.2. The summed E-state index contributed by atoms with van der Waals surface area (Å²) in [4.78, 5) is 13.1. The summed E-state index contributed by atoms with van der Waals surface area (Å²) < 4.78 is 16.6. The van der Waals surface area contributed by atoms with Gasteiger partial charge in [-0.15, -0.1) is 5.10 Å². The van der Waals surface area contributed by atoms with E-state index in [0.29, 0.717) is 41.6 Å². The van der Waals surface area contributed by atoms with E-state index in [9.17, 15) is 14.3 Å². The number of nitrogens with zero attached hydrogens (tertiary/aromatic N) is 5. The monoisotopic (exact) mass is 473 g/mol. The maximum atomic E-state index is 13.5. The fourth-order valence-corrected chi connectivity index (χ4v) is 5.83. The molecule has 2 saturated carbocycles. The van der Waals surface area contributed by atoms with E-state index < -0.39 is 17.3 Å². The summed E-state index contributed by atoms with van der Waals surface area (Å²) in [6, 6.07) is 4.00. The minimum atomic E-state index is -0.941. The number of aromatic nitrogens is 5. The Morgan fingerprint density at radius 3 is 2.58 bits per heavy atom. The summed E-state index contributed by atoms with van der Waals surface area (Å²) in [7, 11) is 3.49. The van der Waals surface area contributed by atoms with Gasteiger partial charge >= 0.3 is 0 Å². The van der Waals surface area contributed by atoms with Crippen molar-refractivity contribution in [2.75, 3.05) is 11.1 Å². The third-order valence-electron chi connectivity index (χ3n) is 7.14. The summed E-state index contributed by atoms with van der Waals surface area (Å²) in [6.07, 6.45) is 4.47. The van der Waals surface area contributed by atoms with Crippen molar-refractivity contribution in [3.05, 3.63) is 52.2 Å². The van der Waals surface area contributed by atoms with Crippen molar-refractivity contribution in [1.29, 1.82) is 0 Å². The van der Waals surface area contributed by atoms with Crippen molar-refractivity contribution >= 4 is 29.0 Å². The molecule has 1 aromatic carbocycles. The largest absolute Gasteiger partial charge is 0.383 e.